The fourth-order valence-electron chi connectivity index (χ4n) is 3.78. The van der Waals surface area contributed by atoms with E-state index in [1.807, 2.05) is 6.07 Å². The fraction of sp³-hybridized carbons (Fsp3) is 0.333. The van der Waals surface area contributed by atoms with E-state index in [1.54, 1.807) is 12.1 Å². The molecule has 1 aliphatic heterocycles. The Morgan fingerprint density at radius 3 is 2.58 bits per heavy atom. The van der Waals surface area contributed by atoms with Gasteiger partial charge in [-0.05, 0) is 36.8 Å². The van der Waals surface area contributed by atoms with Crippen LogP contribution in [0.1, 0.15) is 12.5 Å². The maximum absolute atomic E-state index is 13.4. The third-order valence-electron chi connectivity index (χ3n) is 5.57. The molecule has 6 nitrogen and oxygen atoms in total. The molecule has 0 spiro atoms. The van der Waals surface area contributed by atoms with Crippen molar-refractivity contribution in [2.24, 2.45) is 0 Å². The Morgan fingerprint density at radius 1 is 1.06 bits per heavy atom. The van der Waals surface area contributed by atoms with Crippen molar-refractivity contribution < 1.29 is 9.13 Å². The summed E-state index contributed by atoms with van der Waals surface area (Å²) >= 11 is 0. The smallest absolute Gasteiger partial charge is 0.224 e. The second-order valence-corrected chi connectivity index (χ2v) is 8.10. The summed E-state index contributed by atoms with van der Waals surface area (Å²) in [7, 11) is 4.11. The van der Waals surface area contributed by atoms with E-state index in [-0.39, 0.29) is 5.82 Å². The van der Waals surface area contributed by atoms with Gasteiger partial charge in [-0.2, -0.15) is 0 Å². The lowest BCUT2D eigenvalue weighted by atomic mass is 10.1. The van der Waals surface area contributed by atoms with Crippen molar-refractivity contribution in [1.29, 1.82) is 0 Å². The summed E-state index contributed by atoms with van der Waals surface area (Å²) in [6.07, 6.45) is 1.49. The van der Waals surface area contributed by atoms with Crippen LogP contribution in [0.3, 0.4) is 0 Å². The van der Waals surface area contributed by atoms with E-state index in [9.17, 15) is 4.39 Å². The topological polar surface area (TPSA) is 44.7 Å². The number of aromatic nitrogens is 2. The minimum absolute atomic E-state index is 0.340. The van der Waals surface area contributed by atoms with Crippen LogP contribution in [0.4, 0.5) is 15.9 Å². The molecule has 0 aliphatic carbocycles. The fourth-order valence-corrected chi connectivity index (χ4v) is 3.78. The maximum Gasteiger partial charge on any atom is 0.224 e. The molecule has 162 valence electrons. The number of hydrogen-bond acceptors (Lipinski definition) is 6. The first-order valence-electron chi connectivity index (χ1n) is 10.5. The van der Waals surface area contributed by atoms with Gasteiger partial charge in [0, 0.05) is 64.1 Å². The van der Waals surface area contributed by atoms with Crippen LogP contribution in [0.15, 0.2) is 60.9 Å². The summed E-state index contributed by atoms with van der Waals surface area (Å²) in [4.78, 5) is 15.5. The van der Waals surface area contributed by atoms with Crippen molar-refractivity contribution in [2.45, 2.75) is 19.5 Å². The first-order valence-corrected chi connectivity index (χ1v) is 10.5. The molecule has 1 fully saturated rings. The minimum Gasteiger partial charge on any atom is -0.439 e. The van der Waals surface area contributed by atoms with Crippen molar-refractivity contribution in [2.75, 3.05) is 43.5 Å². The van der Waals surface area contributed by atoms with E-state index in [1.165, 1.54) is 29.7 Å². The van der Waals surface area contributed by atoms with Crippen LogP contribution in [0.5, 0.6) is 11.6 Å². The molecule has 0 amide bonds. The highest BCUT2D eigenvalue weighted by atomic mass is 19.1. The molecule has 0 N–H and O–H groups in total. The second kappa shape index (κ2) is 9.31. The van der Waals surface area contributed by atoms with Crippen LogP contribution >= 0.6 is 0 Å². The summed E-state index contributed by atoms with van der Waals surface area (Å²) in [5.74, 6) is 1.31. The van der Waals surface area contributed by atoms with Crippen LogP contribution < -0.4 is 14.5 Å². The number of ether oxygens (including phenoxy) is 1. The number of rotatable bonds is 6. The predicted octanol–water partition coefficient (Wildman–Crippen LogP) is 4.18. The third-order valence-corrected chi connectivity index (χ3v) is 5.57. The van der Waals surface area contributed by atoms with Crippen molar-refractivity contribution in [3.05, 3.63) is 72.3 Å². The first kappa shape index (κ1) is 21.1. The molecule has 1 aliphatic rings. The molecule has 1 atom stereocenters. The van der Waals surface area contributed by atoms with Gasteiger partial charge < -0.3 is 14.5 Å². The van der Waals surface area contributed by atoms with Crippen molar-refractivity contribution >= 4 is 11.5 Å². The van der Waals surface area contributed by atoms with Gasteiger partial charge in [0.25, 0.3) is 0 Å². The highest BCUT2D eigenvalue weighted by molar-refractivity contribution is 5.46. The average Bonchev–Trinajstić information content (AvgIpc) is 2.76. The summed E-state index contributed by atoms with van der Waals surface area (Å²) in [5, 5.41) is 0. The van der Waals surface area contributed by atoms with Crippen LogP contribution in [0.2, 0.25) is 0 Å². The molecule has 0 bridgehead atoms. The normalized spacial score (nSPS) is 16.9. The minimum atomic E-state index is -0.340. The van der Waals surface area contributed by atoms with E-state index < -0.39 is 0 Å². The number of anilines is 2. The monoisotopic (exact) mass is 421 g/mol. The molecule has 4 rings (SSSR count). The van der Waals surface area contributed by atoms with E-state index in [2.05, 4.69) is 70.0 Å². The Kier molecular flexibility index (Phi) is 6.32. The van der Waals surface area contributed by atoms with Gasteiger partial charge in [-0.3, -0.25) is 4.90 Å². The SMILES string of the molecule is CC1CN(c2cc(Oc3cccc(F)c3)ncn2)CCN1Cc1ccc(N(C)C)cc1. The van der Waals surface area contributed by atoms with Crippen LogP contribution in [-0.4, -0.2) is 54.6 Å². The standard InChI is InChI=1S/C24H28FN5O/c1-18-15-30(12-11-29(18)16-19-7-9-21(10-8-19)28(2)3)23-14-24(27-17-26-23)31-22-6-4-5-20(25)13-22/h4-10,13-14,17-18H,11-12,15-16H2,1-3H3. The van der Waals surface area contributed by atoms with Crippen molar-refractivity contribution in [3.63, 3.8) is 0 Å². The summed E-state index contributed by atoms with van der Waals surface area (Å²) in [6, 6.07) is 17.0. The van der Waals surface area contributed by atoms with Gasteiger partial charge in [0.1, 0.15) is 23.7 Å². The zero-order valence-electron chi connectivity index (χ0n) is 18.2. The maximum atomic E-state index is 13.4. The largest absolute Gasteiger partial charge is 0.439 e. The quantitative estimate of drug-likeness (QED) is 0.595. The number of benzene rings is 2. The lowest BCUT2D eigenvalue weighted by Gasteiger charge is -2.40. The molecule has 2 heterocycles. The molecule has 0 radical (unpaired) electrons. The van der Waals surface area contributed by atoms with E-state index in [0.29, 0.717) is 17.7 Å². The molecule has 7 heteroatoms. The Morgan fingerprint density at radius 2 is 1.87 bits per heavy atom. The van der Waals surface area contributed by atoms with Gasteiger partial charge in [0.05, 0.1) is 0 Å². The zero-order valence-corrected chi connectivity index (χ0v) is 18.2. The van der Waals surface area contributed by atoms with Crippen molar-refractivity contribution in [1.82, 2.24) is 14.9 Å². The van der Waals surface area contributed by atoms with Crippen molar-refractivity contribution in [3.8, 4) is 11.6 Å². The lowest BCUT2D eigenvalue weighted by molar-refractivity contribution is 0.180. The first-order chi connectivity index (χ1) is 15.0. The summed E-state index contributed by atoms with van der Waals surface area (Å²) in [5.41, 5.74) is 2.53. The van der Waals surface area contributed by atoms with E-state index in [0.717, 1.165) is 32.0 Å². The van der Waals surface area contributed by atoms with Crippen LogP contribution in [0.25, 0.3) is 0 Å². The average molecular weight is 422 g/mol. The zero-order chi connectivity index (χ0) is 21.8. The number of piperazine rings is 1. The van der Waals surface area contributed by atoms with E-state index in [4.69, 9.17) is 4.74 Å². The number of nitrogens with zero attached hydrogens (tertiary/aromatic N) is 5. The van der Waals surface area contributed by atoms with Gasteiger partial charge in [0.2, 0.25) is 5.88 Å². The molecular weight excluding hydrogens is 393 g/mol. The molecule has 2 aromatic carbocycles. The third kappa shape index (κ3) is 5.30. The molecule has 0 saturated carbocycles. The Labute approximate surface area is 182 Å². The van der Waals surface area contributed by atoms with E-state index >= 15 is 0 Å². The Bertz CT molecular complexity index is 1010. The van der Waals surface area contributed by atoms with Gasteiger partial charge >= 0.3 is 0 Å². The number of halogens is 1. The summed E-state index contributed by atoms with van der Waals surface area (Å²) in [6.45, 7) is 5.86. The van der Waals surface area contributed by atoms with Crippen LogP contribution in [-0.2, 0) is 6.54 Å². The van der Waals surface area contributed by atoms with Crippen LogP contribution in [0, 0.1) is 5.82 Å². The molecule has 1 saturated heterocycles. The molecule has 1 unspecified atom stereocenters. The van der Waals surface area contributed by atoms with Gasteiger partial charge in [-0.15, -0.1) is 0 Å². The highest BCUT2D eigenvalue weighted by Gasteiger charge is 2.25. The van der Waals surface area contributed by atoms with Gasteiger partial charge in [-0.25, -0.2) is 14.4 Å². The number of hydrogen-bond donors (Lipinski definition) is 0. The second-order valence-electron chi connectivity index (χ2n) is 8.10. The Balaban J connectivity index is 1.38. The highest BCUT2D eigenvalue weighted by Crippen LogP contribution is 2.25. The predicted molar refractivity (Wildman–Crippen MR) is 121 cm³/mol. The Hall–Kier alpha value is -3.19. The molecule has 3 aromatic rings. The molecule has 31 heavy (non-hydrogen) atoms. The molecule has 1 aromatic heterocycles. The van der Waals surface area contributed by atoms with Gasteiger partial charge in [-0.1, -0.05) is 18.2 Å². The summed E-state index contributed by atoms with van der Waals surface area (Å²) < 4.78 is 19.1. The molecular formula is C24H28FN5O. The lowest BCUT2D eigenvalue weighted by Crippen LogP contribution is -2.51. The van der Waals surface area contributed by atoms with Gasteiger partial charge in [0.15, 0.2) is 0 Å².